The third-order valence-electron chi connectivity index (χ3n) is 5.02. The molecule has 2 heterocycles. The number of anilines is 1. The van der Waals surface area contributed by atoms with Gasteiger partial charge < -0.3 is 15.0 Å². The van der Waals surface area contributed by atoms with Crippen LogP contribution in [0.15, 0.2) is 48.5 Å². The lowest BCUT2D eigenvalue weighted by molar-refractivity contribution is -0.117. The van der Waals surface area contributed by atoms with Crippen LogP contribution in [0.3, 0.4) is 0 Å². The monoisotopic (exact) mass is 379 g/mol. The SMILES string of the molecule is COc1ccccc1NC(=O)CN1CCN(Cc2nc3ccccc3[nH]2)CC1. The Morgan fingerprint density at radius 3 is 2.57 bits per heavy atom. The fourth-order valence-corrected chi connectivity index (χ4v) is 3.54. The molecule has 2 aromatic carbocycles. The molecule has 0 spiro atoms. The highest BCUT2D eigenvalue weighted by atomic mass is 16.5. The van der Waals surface area contributed by atoms with Gasteiger partial charge in [-0.05, 0) is 24.3 Å². The number of aromatic amines is 1. The van der Waals surface area contributed by atoms with Crippen LogP contribution in [0.25, 0.3) is 11.0 Å². The van der Waals surface area contributed by atoms with Gasteiger partial charge in [-0.2, -0.15) is 0 Å². The van der Waals surface area contributed by atoms with Crippen molar-refractivity contribution >= 4 is 22.6 Å². The summed E-state index contributed by atoms with van der Waals surface area (Å²) in [5.74, 6) is 1.64. The van der Waals surface area contributed by atoms with Crippen LogP contribution >= 0.6 is 0 Å². The molecule has 1 amide bonds. The molecule has 7 nitrogen and oxygen atoms in total. The van der Waals surface area contributed by atoms with Gasteiger partial charge in [0.15, 0.2) is 0 Å². The van der Waals surface area contributed by atoms with E-state index in [0.29, 0.717) is 18.0 Å². The molecule has 0 radical (unpaired) electrons. The third kappa shape index (κ3) is 4.32. The average molecular weight is 379 g/mol. The van der Waals surface area contributed by atoms with Crippen LogP contribution < -0.4 is 10.1 Å². The molecule has 2 N–H and O–H groups in total. The minimum Gasteiger partial charge on any atom is -0.495 e. The standard InChI is InChI=1S/C21H25N5O2/c1-28-19-9-5-4-8-18(19)24-21(27)15-26-12-10-25(11-13-26)14-20-22-16-6-2-3-7-17(16)23-20/h2-9H,10-15H2,1H3,(H,22,23)(H,24,27). The summed E-state index contributed by atoms with van der Waals surface area (Å²) in [4.78, 5) is 25.0. The van der Waals surface area contributed by atoms with E-state index < -0.39 is 0 Å². The summed E-state index contributed by atoms with van der Waals surface area (Å²) < 4.78 is 5.28. The number of para-hydroxylation sites is 4. The van der Waals surface area contributed by atoms with Gasteiger partial charge in [0.2, 0.25) is 5.91 Å². The van der Waals surface area contributed by atoms with E-state index in [1.54, 1.807) is 7.11 Å². The van der Waals surface area contributed by atoms with Gasteiger partial charge in [-0.1, -0.05) is 24.3 Å². The normalized spacial score (nSPS) is 15.6. The summed E-state index contributed by atoms with van der Waals surface area (Å²) in [6.45, 7) is 4.74. The Morgan fingerprint density at radius 1 is 1.07 bits per heavy atom. The number of aromatic nitrogens is 2. The van der Waals surface area contributed by atoms with Crippen LogP contribution in [0.4, 0.5) is 5.69 Å². The molecule has 0 saturated carbocycles. The van der Waals surface area contributed by atoms with Crippen molar-refractivity contribution in [3.05, 3.63) is 54.4 Å². The molecule has 146 valence electrons. The summed E-state index contributed by atoms with van der Waals surface area (Å²) in [6, 6.07) is 15.5. The Hall–Kier alpha value is -2.90. The molecular weight excluding hydrogens is 354 g/mol. The first-order valence-electron chi connectivity index (χ1n) is 9.52. The molecule has 1 fully saturated rings. The molecule has 0 bridgehead atoms. The van der Waals surface area contributed by atoms with E-state index in [1.807, 2.05) is 48.5 Å². The van der Waals surface area contributed by atoms with Crippen LogP contribution in [0.1, 0.15) is 5.82 Å². The number of ether oxygens (including phenoxy) is 1. The summed E-state index contributed by atoms with van der Waals surface area (Å²) in [7, 11) is 1.60. The summed E-state index contributed by atoms with van der Waals surface area (Å²) in [5.41, 5.74) is 2.78. The number of nitrogens with one attached hydrogen (secondary N) is 2. The zero-order chi connectivity index (χ0) is 19.3. The first-order valence-corrected chi connectivity index (χ1v) is 9.52. The molecule has 28 heavy (non-hydrogen) atoms. The Morgan fingerprint density at radius 2 is 1.79 bits per heavy atom. The van der Waals surface area contributed by atoms with Crippen molar-refractivity contribution in [1.82, 2.24) is 19.8 Å². The molecule has 1 aliphatic rings. The van der Waals surface area contributed by atoms with E-state index in [1.165, 1.54) is 0 Å². The Bertz CT molecular complexity index is 914. The first kappa shape index (κ1) is 18.5. The second-order valence-corrected chi connectivity index (χ2v) is 7.00. The highest BCUT2D eigenvalue weighted by molar-refractivity contribution is 5.93. The lowest BCUT2D eigenvalue weighted by Gasteiger charge is -2.33. The Labute approximate surface area is 164 Å². The maximum Gasteiger partial charge on any atom is 0.238 e. The number of nitrogens with zero attached hydrogens (tertiary/aromatic N) is 3. The highest BCUT2D eigenvalue weighted by Gasteiger charge is 2.20. The van der Waals surface area contributed by atoms with Crippen molar-refractivity contribution in [1.29, 1.82) is 0 Å². The van der Waals surface area contributed by atoms with Crippen molar-refractivity contribution in [3.8, 4) is 5.75 Å². The quantitative estimate of drug-likeness (QED) is 0.688. The van der Waals surface area contributed by atoms with Gasteiger partial charge in [0.1, 0.15) is 11.6 Å². The lowest BCUT2D eigenvalue weighted by Crippen LogP contribution is -2.48. The molecule has 0 aliphatic carbocycles. The molecule has 0 unspecified atom stereocenters. The third-order valence-corrected chi connectivity index (χ3v) is 5.02. The zero-order valence-electron chi connectivity index (χ0n) is 16.0. The number of carbonyl (C=O) groups excluding carboxylic acids is 1. The smallest absolute Gasteiger partial charge is 0.238 e. The Balaban J connectivity index is 1.26. The number of hydrogen-bond acceptors (Lipinski definition) is 5. The van der Waals surface area contributed by atoms with Gasteiger partial charge in [0.05, 0.1) is 36.9 Å². The van der Waals surface area contributed by atoms with Crippen molar-refractivity contribution in [2.45, 2.75) is 6.54 Å². The van der Waals surface area contributed by atoms with Gasteiger partial charge >= 0.3 is 0 Å². The lowest BCUT2D eigenvalue weighted by atomic mass is 10.2. The number of fused-ring (bicyclic) bond motifs is 1. The molecule has 1 aromatic heterocycles. The van der Waals surface area contributed by atoms with Gasteiger partial charge in [-0.15, -0.1) is 0 Å². The van der Waals surface area contributed by atoms with E-state index in [9.17, 15) is 4.79 Å². The Kier molecular flexibility index (Phi) is 5.55. The van der Waals surface area contributed by atoms with Crippen LogP contribution in [-0.2, 0) is 11.3 Å². The number of methoxy groups -OCH3 is 1. The predicted molar refractivity (Wildman–Crippen MR) is 109 cm³/mol. The van der Waals surface area contributed by atoms with Crippen LogP contribution in [0.5, 0.6) is 5.75 Å². The second kappa shape index (κ2) is 8.41. The highest BCUT2D eigenvalue weighted by Crippen LogP contribution is 2.23. The molecular formula is C21H25N5O2. The minimum absolute atomic E-state index is 0.0183. The number of carbonyl (C=O) groups is 1. The first-order chi connectivity index (χ1) is 13.7. The molecule has 3 aromatic rings. The number of benzene rings is 2. The fraction of sp³-hybridized carbons (Fsp3) is 0.333. The molecule has 1 saturated heterocycles. The van der Waals surface area contributed by atoms with Crippen molar-refractivity contribution in [2.24, 2.45) is 0 Å². The van der Waals surface area contributed by atoms with E-state index in [0.717, 1.165) is 49.6 Å². The van der Waals surface area contributed by atoms with Gasteiger partial charge in [0.25, 0.3) is 0 Å². The maximum atomic E-state index is 12.4. The van der Waals surface area contributed by atoms with Crippen LogP contribution in [-0.4, -0.2) is 65.5 Å². The minimum atomic E-state index is -0.0183. The van der Waals surface area contributed by atoms with E-state index >= 15 is 0 Å². The maximum absolute atomic E-state index is 12.4. The fourth-order valence-electron chi connectivity index (χ4n) is 3.54. The largest absolute Gasteiger partial charge is 0.495 e. The molecule has 0 atom stereocenters. The predicted octanol–water partition coefficient (Wildman–Crippen LogP) is 2.33. The van der Waals surface area contributed by atoms with Gasteiger partial charge in [0, 0.05) is 26.2 Å². The summed E-state index contributed by atoms with van der Waals surface area (Å²) in [5, 5.41) is 2.94. The topological polar surface area (TPSA) is 73.5 Å². The summed E-state index contributed by atoms with van der Waals surface area (Å²) >= 11 is 0. The average Bonchev–Trinajstić information content (AvgIpc) is 3.12. The van der Waals surface area contributed by atoms with E-state index in [2.05, 4.69) is 25.1 Å². The number of amides is 1. The number of hydrogen-bond donors (Lipinski definition) is 2. The zero-order valence-corrected chi connectivity index (χ0v) is 16.0. The van der Waals surface area contributed by atoms with Crippen molar-refractivity contribution in [3.63, 3.8) is 0 Å². The van der Waals surface area contributed by atoms with E-state index in [4.69, 9.17) is 4.74 Å². The summed E-state index contributed by atoms with van der Waals surface area (Å²) in [6.07, 6.45) is 0. The number of H-pyrrole nitrogens is 1. The second-order valence-electron chi connectivity index (χ2n) is 7.00. The van der Waals surface area contributed by atoms with Crippen LogP contribution in [0.2, 0.25) is 0 Å². The number of rotatable bonds is 6. The van der Waals surface area contributed by atoms with Crippen LogP contribution in [0, 0.1) is 0 Å². The molecule has 7 heteroatoms. The number of piperazine rings is 1. The van der Waals surface area contributed by atoms with Gasteiger partial charge in [-0.3, -0.25) is 14.6 Å². The van der Waals surface area contributed by atoms with Crippen molar-refractivity contribution < 1.29 is 9.53 Å². The van der Waals surface area contributed by atoms with Gasteiger partial charge in [-0.25, -0.2) is 4.98 Å². The number of imidazole rings is 1. The molecule has 4 rings (SSSR count). The van der Waals surface area contributed by atoms with E-state index in [-0.39, 0.29) is 5.91 Å². The van der Waals surface area contributed by atoms with Crippen molar-refractivity contribution in [2.75, 3.05) is 45.2 Å². The molecule has 1 aliphatic heterocycles.